The maximum Gasteiger partial charge on any atom is 0.574 e. The van der Waals surface area contributed by atoms with Gasteiger partial charge in [-0.1, -0.05) is 15.9 Å². The molecule has 0 saturated carbocycles. The quantitative estimate of drug-likeness (QED) is 0.655. The van der Waals surface area contributed by atoms with Crippen LogP contribution in [0.3, 0.4) is 0 Å². The molecule has 1 aromatic heterocycles. The van der Waals surface area contributed by atoms with Crippen molar-refractivity contribution >= 4 is 21.9 Å². The van der Waals surface area contributed by atoms with Gasteiger partial charge in [-0.15, -0.1) is 13.2 Å². The Morgan fingerprint density at radius 1 is 1.30 bits per heavy atom. The maximum absolute atomic E-state index is 12.7. The van der Waals surface area contributed by atoms with Gasteiger partial charge in [-0.2, -0.15) is 13.2 Å². The lowest BCUT2D eigenvalue weighted by Crippen LogP contribution is -2.21. The minimum Gasteiger partial charge on any atom is -0.478 e. The highest BCUT2D eigenvalue weighted by atomic mass is 79.9. The summed E-state index contributed by atoms with van der Waals surface area (Å²) in [6.07, 6.45) is -10.3. The second-order valence-corrected chi connectivity index (χ2v) is 3.87. The van der Waals surface area contributed by atoms with Crippen molar-refractivity contribution in [2.75, 3.05) is 0 Å². The van der Waals surface area contributed by atoms with E-state index in [-0.39, 0.29) is 6.07 Å². The Morgan fingerprint density at radius 2 is 1.85 bits per heavy atom. The van der Waals surface area contributed by atoms with Crippen LogP contribution in [-0.4, -0.2) is 22.4 Å². The summed E-state index contributed by atoms with van der Waals surface area (Å²) >= 11 is 2.61. The summed E-state index contributed by atoms with van der Waals surface area (Å²) in [5.74, 6) is -3.33. The number of alkyl halides is 7. The Hall–Kier alpha value is -1.52. The van der Waals surface area contributed by atoms with Gasteiger partial charge in [-0.05, 0) is 0 Å². The number of rotatable bonds is 3. The molecule has 0 aliphatic heterocycles. The van der Waals surface area contributed by atoms with Crippen molar-refractivity contribution in [2.24, 2.45) is 0 Å². The number of nitrogens with zero attached hydrogens (tertiary/aromatic N) is 1. The molecule has 1 rings (SSSR count). The smallest absolute Gasteiger partial charge is 0.478 e. The Labute approximate surface area is 115 Å². The number of ether oxygens (including phenoxy) is 1. The highest BCUT2D eigenvalue weighted by molar-refractivity contribution is 9.08. The number of carbonyl (C=O) groups is 1. The Balaban J connectivity index is 3.51. The van der Waals surface area contributed by atoms with Gasteiger partial charge >= 0.3 is 18.5 Å². The lowest BCUT2D eigenvalue weighted by Gasteiger charge is -2.16. The summed E-state index contributed by atoms with van der Waals surface area (Å²) in [5, 5.41) is 8.09. The highest BCUT2D eigenvalue weighted by Crippen LogP contribution is 2.37. The topological polar surface area (TPSA) is 59.4 Å². The van der Waals surface area contributed by atoms with Gasteiger partial charge in [0.2, 0.25) is 5.88 Å². The highest BCUT2D eigenvalue weighted by Gasteiger charge is 2.40. The third-order valence-corrected chi connectivity index (χ3v) is 2.46. The van der Waals surface area contributed by atoms with Crippen molar-refractivity contribution < 1.29 is 41.0 Å². The molecule has 0 aliphatic rings. The van der Waals surface area contributed by atoms with Crippen LogP contribution in [0.5, 0.6) is 5.88 Å². The average Bonchev–Trinajstić information content (AvgIpc) is 2.23. The van der Waals surface area contributed by atoms with Crippen molar-refractivity contribution in [3.05, 3.63) is 22.9 Å². The first-order valence-electron chi connectivity index (χ1n) is 4.62. The van der Waals surface area contributed by atoms with Crippen molar-refractivity contribution in [1.29, 1.82) is 0 Å². The van der Waals surface area contributed by atoms with E-state index in [9.17, 15) is 31.1 Å². The summed E-state index contributed by atoms with van der Waals surface area (Å²) in [6.45, 7) is 0. The number of carboxylic acid groups (broad SMARTS) is 1. The average molecular weight is 368 g/mol. The van der Waals surface area contributed by atoms with E-state index in [0.29, 0.717) is 0 Å². The Kier molecular flexibility index (Phi) is 4.52. The second kappa shape index (κ2) is 5.46. The summed E-state index contributed by atoms with van der Waals surface area (Å²) in [6, 6.07) is 0.0742. The predicted octanol–water partition coefficient (Wildman–Crippen LogP) is 3.59. The van der Waals surface area contributed by atoms with Gasteiger partial charge in [0.25, 0.3) is 0 Å². The lowest BCUT2D eigenvalue weighted by atomic mass is 10.1. The van der Waals surface area contributed by atoms with Crippen LogP contribution in [-0.2, 0) is 11.5 Å². The normalized spacial score (nSPS) is 12.3. The molecule has 4 nitrogen and oxygen atoms in total. The molecule has 1 N–H and O–H groups in total. The lowest BCUT2D eigenvalue weighted by molar-refractivity contribution is -0.276. The molecule has 0 aromatic carbocycles. The molecule has 0 fully saturated rings. The van der Waals surface area contributed by atoms with E-state index in [0.717, 1.165) is 0 Å². The molecule has 0 unspecified atom stereocenters. The fraction of sp³-hybridized carbons (Fsp3) is 0.333. The van der Waals surface area contributed by atoms with E-state index in [2.05, 4.69) is 25.7 Å². The number of hydrogen-bond donors (Lipinski definition) is 1. The summed E-state index contributed by atoms with van der Waals surface area (Å²) < 4.78 is 77.6. The van der Waals surface area contributed by atoms with Crippen LogP contribution in [0.1, 0.15) is 21.6 Å². The van der Waals surface area contributed by atoms with Crippen molar-refractivity contribution in [1.82, 2.24) is 4.98 Å². The van der Waals surface area contributed by atoms with Gasteiger partial charge < -0.3 is 9.84 Å². The molecular weight excluding hydrogens is 364 g/mol. The number of halogens is 7. The monoisotopic (exact) mass is 367 g/mol. The molecule has 1 aromatic rings. The van der Waals surface area contributed by atoms with Crippen LogP contribution in [0.2, 0.25) is 0 Å². The SMILES string of the molecule is O=C(O)c1cc(OC(F)(F)F)nc(CBr)c1C(F)(F)F. The molecule has 0 aliphatic carbocycles. The Morgan fingerprint density at radius 3 is 2.20 bits per heavy atom. The van der Waals surface area contributed by atoms with E-state index in [4.69, 9.17) is 5.11 Å². The van der Waals surface area contributed by atoms with Crippen LogP contribution >= 0.6 is 15.9 Å². The molecule has 0 amide bonds. The summed E-state index contributed by atoms with van der Waals surface area (Å²) in [4.78, 5) is 13.8. The standard InChI is InChI=1S/C9H4BrF6NO3/c10-2-4-6(8(11,12)13)3(7(18)19)1-5(17-4)20-9(14,15)16/h1H,2H2,(H,18,19). The van der Waals surface area contributed by atoms with Crippen LogP contribution in [0, 0.1) is 0 Å². The van der Waals surface area contributed by atoms with Gasteiger partial charge in [0.05, 0.1) is 16.8 Å². The maximum atomic E-state index is 12.7. The van der Waals surface area contributed by atoms with E-state index >= 15 is 0 Å². The molecule has 1 heterocycles. The first-order chi connectivity index (χ1) is 8.95. The molecule has 112 valence electrons. The molecule has 0 atom stereocenters. The number of carboxylic acids is 1. The van der Waals surface area contributed by atoms with Crippen molar-refractivity contribution in [3.8, 4) is 5.88 Å². The second-order valence-electron chi connectivity index (χ2n) is 3.31. The number of aromatic carboxylic acids is 1. The van der Waals surface area contributed by atoms with E-state index in [1.165, 1.54) is 0 Å². The number of pyridine rings is 1. The van der Waals surface area contributed by atoms with Crippen LogP contribution in [0.4, 0.5) is 26.3 Å². The molecule has 0 bridgehead atoms. The molecular formula is C9H4BrF6NO3. The third kappa shape index (κ3) is 3.99. The van der Waals surface area contributed by atoms with E-state index in [1.54, 1.807) is 0 Å². The first kappa shape index (κ1) is 16.5. The number of hydrogen-bond acceptors (Lipinski definition) is 3. The zero-order valence-electron chi connectivity index (χ0n) is 9.14. The zero-order chi connectivity index (χ0) is 15.7. The van der Waals surface area contributed by atoms with Crippen molar-refractivity contribution in [3.63, 3.8) is 0 Å². The largest absolute Gasteiger partial charge is 0.574 e. The fourth-order valence-corrected chi connectivity index (χ4v) is 1.73. The summed E-state index contributed by atoms with van der Waals surface area (Å²) in [7, 11) is 0. The first-order valence-corrected chi connectivity index (χ1v) is 5.74. The minimum absolute atomic E-state index is 0.0742. The number of aromatic nitrogens is 1. The van der Waals surface area contributed by atoms with Gasteiger partial charge in [-0.25, -0.2) is 9.78 Å². The van der Waals surface area contributed by atoms with Crippen LogP contribution in [0.15, 0.2) is 6.07 Å². The molecule has 11 heteroatoms. The van der Waals surface area contributed by atoms with Crippen LogP contribution in [0.25, 0.3) is 0 Å². The van der Waals surface area contributed by atoms with Crippen LogP contribution < -0.4 is 4.74 Å². The van der Waals surface area contributed by atoms with Crippen molar-refractivity contribution in [2.45, 2.75) is 17.9 Å². The molecule has 0 radical (unpaired) electrons. The fourth-order valence-electron chi connectivity index (χ4n) is 1.32. The third-order valence-electron chi connectivity index (χ3n) is 1.93. The molecule has 0 saturated heterocycles. The van der Waals surface area contributed by atoms with Gasteiger partial charge in [-0.3, -0.25) is 0 Å². The minimum atomic E-state index is -5.20. The van der Waals surface area contributed by atoms with Gasteiger partial charge in [0, 0.05) is 11.4 Å². The van der Waals surface area contributed by atoms with E-state index < -0.39 is 46.5 Å². The predicted molar refractivity (Wildman–Crippen MR) is 55.5 cm³/mol. The van der Waals surface area contributed by atoms with Gasteiger partial charge in [0.15, 0.2) is 0 Å². The summed E-state index contributed by atoms with van der Waals surface area (Å²) in [5.41, 5.74) is -3.92. The van der Waals surface area contributed by atoms with E-state index in [1.807, 2.05) is 0 Å². The molecule has 0 spiro atoms. The molecule has 20 heavy (non-hydrogen) atoms. The Bertz CT molecular complexity index is 528. The van der Waals surface area contributed by atoms with Gasteiger partial charge in [0.1, 0.15) is 0 Å². The zero-order valence-corrected chi connectivity index (χ0v) is 10.7.